The first-order valence-electron chi connectivity index (χ1n) is 4.86. The highest BCUT2D eigenvalue weighted by Crippen LogP contribution is 2.16. The number of nitrogens with zero attached hydrogens (tertiary/aromatic N) is 1. The molecule has 3 nitrogen and oxygen atoms in total. The lowest BCUT2D eigenvalue weighted by molar-refractivity contribution is 0.101. The van der Waals surface area contributed by atoms with E-state index in [-0.39, 0.29) is 5.78 Å². The van der Waals surface area contributed by atoms with E-state index in [0.29, 0.717) is 22.8 Å². The van der Waals surface area contributed by atoms with Gasteiger partial charge < -0.3 is 4.52 Å². The van der Waals surface area contributed by atoms with Gasteiger partial charge in [-0.05, 0) is 24.6 Å². The third-order valence-corrected chi connectivity index (χ3v) is 2.55. The Morgan fingerprint density at radius 3 is 2.69 bits per heavy atom. The molecule has 0 fully saturated rings. The second-order valence-electron chi connectivity index (χ2n) is 3.52. The maximum absolute atomic E-state index is 11.3. The zero-order valence-corrected chi connectivity index (χ0v) is 9.49. The molecule has 82 valence electrons. The summed E-state index contributed by atoms with van der Waals surface area (Å²) in [7, 11) is 0. The van der Waals surface area contributed by atoms with E-state index in [1.54, 1.807) is 12.1 Å². The lowest BCUT2D eigenvalue weighted by Crippen LogP contribution is -1.96. The van der Waals surface area contributed by atoms with Gasteiger partial charge in [0.25, 0.3) is 0 Å². The van der Waals surface area contributed by atoms with Crippen molar-refractivity contribution in [2.75, 3.05) is 0 Å². The molecule has 0 aliphatic rings. The third-order valence-electron chi connectivity index (χ3n) is 2.30. The first kappa shape index (κ1) is 10.9. The van der Waals surface area contributed by atoms with Crippen LogP contribution in [0.3, 0.4) is 0 Å². The van der Waals surface area contributed by atoms with E-state index in [2.05, 4.69) is 5.16 Å². The van der Waals surface area contributed by atoms with E-state index in [1.165, 1.54) is 13.1 Å². The van der Waals surface area contributed by atoms with Crippen molar-refractivity contribution in [1.29, 1.82) is 0 Å². The Morgan fingerprint density at radius 1 is 1.38 bits per heavy atom. The molecule has 2 aromatic rings. The second-order valence-corrected chi connectivity index (χ2v) is 3.96. The van der Waals surface area contributed by atoms with Gasteiger partial charge in [-0.15, -0.1) is 0 Å². The molecule has 0 spiro atoms. The number of Topliss-reactive ketones (excluding diaryl/α,β-unsaturated/α-hetero) is 1. The molecule has 0 aliphatic heterocycles. The van der Waals surface area contributed by atoms with Crippen molar-refractivity contribution in [2.45, 2.75) is 13.3 Å². The fourth-order valence-corrected chi connectivity index (χ4v) is 1.59. The Morgan fingerprint density at radius 2 is 2.06 bits per heavy atom. The number of carbonyl (C=O) groups is 1. The predicted molar refractivity (Wildman–Crippen MR) is 60.8 cm³/mol. The maximum atomic E-state index is 11.3. The standard InChI is InChI=1S/C12H10ClNO2/c1-8(15)11-7-14-16-12(11)6-9-2-4-10(13)5-3-9/h2-5,7H,6H2,1H3. The summed E-state index contributed by atoms with van der Waals surface area (Å²) in [6.45, 7) is 1.50. The van der Waals surface area contributed by atoms with Gasteiger partial charge in [0.15, 0.2) is 11.5 Å². The average molecular weight is 236 g/mol. The van der Waals surface area contributed by atoms with E-state index in [0.717, 1.165) is 5.56 Å². The van der Waals surface area contributed by atoms with E-state index in [4.69, 9.17) is 16.1 Å². The lowest BCUT2D eigenvalue weighted by atomic mass is 10.1. The van der Waals surface area contributed by atoms with Crippen LogP contribution in [0, 0.1) is 0 Å². The first-order chi connectivity index (χ1) is 7.66. The molecule has 1 heterocycles. The second kappa shape index (κ2) is 4.49. The Bertz CT molecular complexity index is 502. The number of hydrogen-bond acceptors (Lipinski definition) is 3. The van der Waals surface area contributed by atoms with Crippen LogP contribution in [-0.2, 0) is 6.42 Å². The molecule has 0 N–H and O–H groups in total. The summed E-state index contributed by atoms with van der Waals surface area (Å²) in [5, 5.41) is 4.32. The summed E-state index contributed by atoms with van der Waals surface area (Å²) >= 11 is 5.79. The Balaban J connectivity index is 2.23. The normalized spacial score (nSPS) is 10.4. The van der Waals surface area contributed by atoms with Crippen LogP contribution in [0.15, 0.2) is 35.0 Å². The molecule has 2 rings (SSSR count). The summed E-state index contributed by atoms with van der Waals surface area (Å²) in [5.74, 6) is 0.556. The minimum absolute atomic E-state index is 0.0368. The van der Waals surface area contributed by atoms with Crippen LogP contribution in [0.25, 0.3) is 0 Å². The summed E-state index contributed by atoms with van der Waals surface area (Å²) in [4.78, 5) is 11.3. The van der Waals surface area contributed by atoms with Crippen LogP contribution in [0.4, 0.5) is 0 Å². The van der Waals surface area contributed by atoms with Crippen molar-refractivity contribution in [3.05, 3.63) is 52.4 Å². The van der Waals surface area contributed by atoms with Crippen LogP contribution in [0.2, 0.25) is 5.02 Å². The van der Waals surface area contributed by atoms with Crippen molar-refractivity contribution >= 4 is 17.4 Å². The molecule has 0 atom stereocenters. The third kappa shape index (κ3) is 2.31. The van der Waals surface area contributed by atoms with Crippen LogP contribution in [0.5, 0.6) is 0 Å². The molecule has 4 heteroatoms. The Hall–Kier alpha value is -1.61. The molecule has 0 aliphatic carbocycles. The Labute approximate surface area is 98.0 Å². The zero-order valence-electron chi connectivity index (χ0n) is 8.74. The average Bonchev–Trinajstić information content (AvgIpc) is 2.69. The van der Waals surface area contributed by atoms with Crippen molar-refractivity contribution in [2.24, 2.45) is 0 Å². The van der Waals surface area contributed by atoms with Gasteiger partial charge in [0.2, 0.25) is 0 Å². The fourth-order valence-electron chi connectivity index (χ4n) is 1.47. The topological polar surface area (TPSA) is 43.1 Å². The number of halogens is 1. The van der Waals surface area contributed by atoms with Crippen molar-refractivity contribution in [1.82, 2.24) is 5.16 Å². The molecule has 16 heavy (non-hydrogen) atoms. The zero-order chi connectivity index (χ0) is 11.5. The maximum Gasteiger partial charge on any atom is 0.165 e. The first-order valence-corrected chi connectivity index (χ1v) is 5.23. The highest BCUT2D eigenvalue weighted by molar-refractivity contribution is 6.30. The van der Waals surface area contributed by atoms with Crippen molar-refractivity contribution < 1.29 is 9.32 Å². The number of ketones is 1. The van der Waals surface area contributed by atoms with Crippen LogP contribution >= 0.6 is 11.6 Å². The largest absolute Gasteiger partial charge is 0.360 e. The molecule has 0 saturated carbocycles. The highest BCUT2D eigenvalue weighted by Gasteiger charge is 2.12. The van der Waals surface area contributed by atoms with E-state index >= 15 is 0 Å². The van der Waals surface area contributed by atoms with Crippen LogP contribution < -0.4 is 0 Å². The van der Waals surface area contributed by atoms with Crippen molar-refractivity contribution in [3.63, 3.8) is 0 Å². The molecule has 1 aromatic heterocycles. The molecule has 1 aromatic carbocycles. The number of hydrogen-bond donors (Lipinski definition) is 0. The van der Waals surface area contributed by atoms with Gasteiger partial charge >= 0.3 is 0 Å². The summed E-state index contributed by atoms with van der Waals surface area (Å²) in [5.41, 5.74) is 1.57. The van der Waals surface area contributed by atoms with Crippen LogP contribution in [-0.4, -0.2) is 10.9 Å². The van der Waals surface area contributed by atoms with Gasteiger partial charge in [0.1, 0.15) is 0 Å². The monoisotopic (exact) mass is 235 g/mol. The molecular weight excluding hydrogens is 226 g/mol. The molecule has 0 unspecified atom stereocenters. The summed E-state index contributed by atoms with van der Waals surface area (Å²) in [6, 6.07) is 7.41. The number of benzene rings is 1. The van der Waals surface area contributed by atoms with E-state index < -0.39 is 0 Å². The molecule has 0 bridgehead atoms. The van der Waals surface area contributed by atoms with Gasteiger partial charge in [-0.3, -0.25) is 4.79 Å². The minimum atomic E-state index is -0.0368. The van der Waals surface area contributed by atoms with Crippen LogP contribution in [0.1, 0.15) is 28.6 Å². The van der Waals surface area contributed by atoms with E-state index in [1.807, 2.05) is 12.1 Å². The van der Waals surface area contributed by atoms with E-state index in [9.17, 15) is 4.79 Å². The molecule has 0 saturated heterocycles. The van der Waals surface area contributed by atoms with Gasteiger partial charge in [0.05, 0.1) is 11.8 Å². The smallest absolute Gasteiger partial charge is 0.165 e. The van der Waals surface area contributed by atoms with Gasteiger partial charge in [0, 0.05) is 11.4 Å². The van der Waals surface area contributed by atoms with Gasteiger partial charge in [-0.1, -0.05) is 28.9 Å². The number of rotatable bonds is 3. The quantitative estimate of drug-likeness (QED) is 0.768. The summed E-state index contributed by atoms with van der Waals surface area (Å²) < 4.78 is 5.06. The minimum Gasteiger partial charge on any atom is -0.360 e. The number of carbonyl (C=O) groups excluding carboxylic acids is 1. The molecule has 0 amide bonds. The summed E-state index contributed by atoms with van der Waals surface area (Å²) in [6.07, 6.45) is 2.00. The SMILES string of the molecule is CC(=O)c1cnoc1Cc1ccc(Cl)cc1. The van der Waals surface area contributed by atoms with Crippen molar-refractivity contribution in [3.8, 4) is 0 Å². The fraction of sp³-hybridized carbons (Fsp3) is 0.167. The molecule has 0 radical (unpaired) electrons. The Kier molecular flexibility index (Phi) is 3.06. The van der Waals surface area contributed by atoms with Gasteiger partial charge in [-0.2, -0.15) is 0 Å². The predicted octanol–water partition coefficient (Wildman–Crippen LogP) is 3.12. The van der Waals surface area contributed by atoms with Gasteiger partial charge in [-0.25, -0.2) is 0 Å². The lowest BCUT2D eigenvalue weighted by Gasteiger charge is -1.99. The number of aromatic nitrogens is 1. The highest BCUT2D eigenvalue weighted by atomic mass is 35.5. The molecular formula is C12H10ClNO2.